The number of esters is 1. The van der Waals surface area contributed by atoms with E-state index < -0.39 is 0 Å². The summed E-state index contributed by atoms with van der Waals surface area (Å²) in [5.74, 6) is -0.286. The zero-order chi connectivity index (χ0) is 15.1. The molecule has 1 atom stereocenters. The van der Waals surface area contributed by atoms with Gasteiger partial charge in [0.05, 0.1) is 7.11 Å². The molecule has 1 N–H and O–H groups in total. The van der Waals surface area contributed by atoms with Crippen molar-refractivity contribution in [3.8, 4) is 0 Å². The highest BCUT2D eigenvalue weighted by Gasteiger charge is 2.10. The number of halogens is 2. The predicted molar refractivity (Wildman–Crippen MR) is 83.3 cm³/mol. The average Bonchev–Trinajstić information content (AvgIpc) is 2.42. The van der Waals surface area contributed by atoms with Crippen molar-refractivity contribution in [1.29, 1.82) is 0 Å². The van der Waals surface area contributed by atoms with Crippen LogP contribution in [0.5, 0.6) is 0 Å². The van der Waals surface area contributed by atoms with Gasteiger partial charge in [0, 0.05) is 28.2 Å². The first-order valence-corrected chi connectivity index (χ1v) is 7.20. The van der Waals surface area contributed by atoms with Gasteiger partial charge in [-0.05, 0) is 31.0 Å². The largest absolute Gasteiger partial charge is 0.466 e. The minimum absolute atomic E-state index is 0.0618. The van der Waals surface area contributed by atoms with Crippen molar-refractivity contribution >= 4 is 29.2 Å². The van der Waals surface area contributed by atoms with Crippen LogP contribution in [0.2, 0.25) is 10.0 Å². The van der Waals surface area contributed by atoms with Crippen LogP contribution < -0.4 is 5.32 Å². The summed E-state index contributed by atoms with van der Waals surface area (Å²) in [6, 6.07) is 5.49. The topological polar surface area (TPSA) is 38.3 Å². The van der Waals surface area contributed by atoms with Crippen LogP contribution in [0.25, 0.3) is 0 Å². The smallest absolute Gasteiger partial charge is 0.333 e. The van der Waals surface area contributed by atoms with E-state index >= 15 is 0 Å². The maximum atomic E-state index is 11.4. The van der Waals surface area contributed by atoms with E-state index in [0.717, 1.165) is 5.56 Å². The van der Waals surface area contributed by atoms with Crippen molar-refractivity contribution in [2.75, 3.05) is 13.7 Å². The standard InChI is InChI=1S/C15H19Cl2NO2/c1-4-11(15(19)20-3)7-8-18-10(2)13-6-5-12(16)9-14(13)17/h5-7,9-10,18H,4,8H2,1-3H3/b11-7-. The monoisotopic (exact) mass is 315 g/mol. The Morgan fingerprint density at radius 2 is 2.15 bits per heavy atom. The summed E-state index contributed by atoms with van der Waals surface area (Å²) in [6.07, 6.45) is 2.48. The van der Waals surface area contributed by atoms with Crippen LogP contribution in [-0.2, 0) is 9.53 Å². The minimum Gasteiger partial charge on any atom is -0.466 e. The number of benzene rings is 1. The number of methoxy groups -OCH3 is 1. The van der Waals surface area contributed by atoms with E-state index in [4.69, 9.17) is 27.9 Å². The van der Waals surface area contributed by atoms with Crippen LogP contribution in [-0.4, -0.2) is 19.6 Å². The molecule has 0 radical (unpaired) electrons. The molecule has 110 valence electrons. The molecule has 0 fully saturated rings. The molecule has 0 spiro atoms. The van der Waals surface area contributed by atoms with E-state index in [-0.39, 0.29) is 12.0 Å². The molecular weight excluding hydrogens is 297 g/mol. The number of hydrogen-bond acceptors (Lipinski definition) is 3. The van der Waals surface area contributed by atoms with E-state index in [0.29, 0.717) is 28.6 Å². The number of rotatable bonds is 6. The van der Waals surface area contributed by atoms with Gasteiger partial charge in [-0.2, -0.15) is 0 Å². The third kappa shape index (κ3) is 4.82. The first kappa shape index (κ1) is 17.0. The van der Waals surface area contributed by atoms with E-state index in [1.54, 1.807) is 6.07 Å². The zero-order valence-corrected chi connectivity index (χ0v) is 13.4. The van der Waals surface area contributed by atoms with E-state index in [9.17, 15) is 4.79 Å². The SMILES string of the molecule is CC/C(=C/CNC(C)c1ccc(Cl)cc1Cl)C(=O)OC. The fourth-order valence-electron chi connectivity index (χ4n) is 1.82. The summed E-state index contributed by atoms with van der Waals surface area (Å²) in [4.78, 5) is 11.4. The van der Waals surface area contributed by atoms with Crippen LogP contribution in [0.3, 0.4) is 0 Å². The molecule has 1 aromatic carbocycles. The number of nitrogens with one attached hydrogen (secondary N) is 1. The lowest BCUT2D eigenvalue weighted by atomic mass is 10.1. The second kappa shape index (κ2) is 8.30. The van der Waals surface area contributed by atoms with Crippen molar-refractivity contribution in [1.82, 2.24) is 5.32 Å². The molecule has 1 rings (SSSR count). The third-order valence-corrected chi connectivity index (χ3v) is 3.59. The number of carbonyl (C=O) groups is 1. The van der Waals surface area contributed by atoms with Crippen LogP contribution in [0, 0.1) is 0 Å². The summed E-state index contributed by atoms with van der Waals surface area (Å²) < 4.78 is 4.71. The Balaban J connectivity index is 2.65. The second-order valence-corrected chi connectivity index (χ2v) is 5.21. The van der Waals surface area contributed by atoms with Gasteiger partial charge in [0.2, 0.25) is 0 Å². The summed E-state index contributed by atoms with van der Waals surface area (Å²) in [5.41, 5.74) is 1.63. The van der Waals surface area contributed by atoms with E-state index in [1.165, 1.54) is 7.11 Å². The van der Waals surface area contributed by atoms with E-state index in [1.807, 2.05) is 32.1 Å². The number of ether oxygens (including phenoxy) is 1. The molecule has 5 heteroatoms. The first-order chi connectivity index (χ1) is 9.49. The predicted octanol–water partition coefficient (Wildman–Crippen LogP) is 4.15. The zero-order valence-electron chi connectivity index (χ0n) is 11.9. The molecule has 0 saturated heterocycles. The molecule has 0 bridgehead atoms. The fraction of sp³-hybridized carbons (Fsp3) is 0.400. The van der Waals surface area contributed by atoms with E-state index in [2.05, 4.69) is 5.32 Å². The van der Waals surface area contributed by atoms with Gasteiger partial charge >= 0.3 is 5.97 Å². The average molecular weight is 316 g/mol. The van der Waals surface area contributed by atoms with Crippen molar-refractivity contribution in [3.05, 3.63) is 45.5 Å². The summed E-state index contributed by atoms with van der Waals surface area (Å²) in [7, 11) is 1.38. The molecule has 0 aliphatic heterocycles. The summed E-state index contributed by atoms with van der Waals surface area (Å²) in [6.45, 7) is 4.49. The molecule has 0 saturated carbocycles. The molecule has 1 aromatic rings. The highest BCUT2D eigenvalue weighted by atomic mass is 35.5. The quantitative estimate of drug-likeness (QED) is 0.633. The third-order valence-electron chi connectivity index (χ3n) is 3.03. The molecule has 0 aromatic heterocycles. The van der Waals surface area contributed by atoms with Crippen LogP contribution >= 0.6 is 23.2 Å². The Labute approximate surface area is 129 Å². The Morgan fingerprint density at radius 3 is 2.70 bits per heavy atom. The minimum atomic E-state index is -0.286. The number of hydrogen-bond donors (Lipinski definition) is 1. The lowest BCUT2D eigenvalue weighted by molar-refractivity contribution is -0.136. The van der Waals surface area contributed by atoms with Gasteiger partial charge < -0.3 is 10.1 Å². The summed E-state index contributed by atoms with van der Waals surface area (Å²) in [5, 5.41) is 4.54. The van der Waals surface area contributed by atoms with Crippen LogP contribution in [0.4, 0.5) is 0 Å². The van der Waals surface area contributed by atoms with Gasteiger partial charge in [-0.3, -0.25) is 0 Å². The van der Waals surface area contributed by atoms with Gasteiger partial charge in [-0.15, -0.1) is 0 Å². The van der Waals surface area contributed by atoms with Crippen molar-refractivity contribution < 1.29 is 9.53 Å². The molecule has 0 aliphatic carbocycles. The first-order valence-electron chi connectivity index (χ1n) is 6.45. The lowest BCUT2D eigenvalue weighted by Crippen LogP contribution is -2.20. The lowest BCUT2D eigenvalue weighted by Gasteiger charge is -2.15. The Morgan fingerprint density at radius 1 is 1.45 bits per heavy atom. The normalized spacial score (nSPS) is 13.2. The van der Waals surface area contributed by atoms with Crippen LogP contribution in [0.15, 0.2) is 29.8 Å². The molecular formula is C15H19Cl2NO2. The molecule has 3 nitrogen and oxygen atoms in total. The van der Waals surface area contributed by atoms with Crippen molar-refractivity contribution in [2.45, 2.75) is 26.3 Å². The van der Waals surface area contributed by atoms with Crippen molar-refractivity contribution in [3.63, 3.8) is 0 Å². The van der Waals surface area contributed by atoms with Gasteiger partial charge in [0.1, 0.15) is 0 Å². The molecule has 0 aliphatic rings. The maximum Gasteiger partial charge on any atom is 0.333 e. The Bertz CT molecular complexity index is 501. The van der Waals surface area contributed by atoms with Gasteiger partial charge in [0.25, 0.3) is 0 Å². The highest BCUT2D eigenvalue weighted by molar-refractivity contribution is 6.35. The Kier molecular flexibility index (Phi) is 7.06. The fourth-order valence-corrected chi connectivity index (χ4v) is 2.40. The molecule has 0 heterocycles. The van der Waals surface area contributed by atoms with Crippen molar-refractivity contribution in [2.24, 2.45) is 0 Å². The van der Waals surface area contributed by atoms with Gasteiger partial charge in [-0.25, -0.2) is 4.79 Å². The molecule has 0 amide bonds. The molecule has 1 unspecified atom stereocenters. The summed E-state index contributed by atoms with van der Waals surface area (Å²) >= 11 is 12.0. The van der Waals surface area contributed by atoms with Gasteiger partial charge in [0.15, 0.2) is 0 Å². The maximum absolute atomic E-state index is 11.4. The van der Waals surface area contributed by atoms with Crippen LogP contribution in [0.1, 0.15) is 31.9 Å². The molecule has 20 heavy (non-hydrogen) atoms. The van der Waals surface area contributed by atoms with Gasteiger partial charge in [-0.1, -0.05) is 42.3 Å². The second-order valence-electron chi connectivity index (χ2n) is 4.37. The highest BCUT2D eigenvalue weighted by Crippen LogP contribution is 2.25. The number of carbonyl (C=O) groups excluding carboxylic acids is 1. The Hall–Kier alpha value is -1.03.